The largest absolute Gasteiger partial charge is 0.353 e. The van der Waals surface area contributed by atoms with Crippen LogP contribution in [0.1, 0.15) is 72.8 Å². The molecule has 2 nitrogen and oxygen atoms in total. The van der Waals surface area contributed by atoms with Crippen molar-refractivity contribution in [2.24, 2.45) is 4.99 Å². The van der Waals surface area contributed by atoms with Crippen LogP contribution in [0.2, 0.25) is 0 Å². The molecule has 4 heteroatoms. The molecule has 1 aromatic carbocycles. The average molecular weight is 431 g/mol. The summed E-state index contributed by atoms with van der Waals surface area (Å²) in [7, 11) is -0.434. The summed E-state index contributed by atoms with van der Waals surface area (Å²) < 4.78 is 14.1. The van der Waals surface area contributed by atoms with E-state index in [1.165, 1.54) is 11.6 Å². The molecule has 1 unspecified atom stereocenters. The van der Waals surface area contributed by atoms with Crippen LogP contribution in [0.4, 0.5) is 10.1 Å². The third-order valence-corrected chi connectivity index (χ3v) is 7.25. The van der Waals surface area contributed by atoms with Gasteiger partial charge in [0, 0.05) is 11.4 Å². The predicted molar refractivity (Wildman–Crippen MR) is 136 cm³/mol. The van der Waals surface area contributed by atoms with Gasteiger partial charge in [0.05, 0.1) is 11.1 Å². The summed E-state index contributed by atoms with van der Waals surface area (Å²) in [6.07, 6.45) is 8.18. The van der Waals surface area contributed by atoms with Crippen molar-refractivity contribution in [3.05, 3.63) is 64.5 Å². The third-order valence-electron chi connectivity index (χ3n) is 5.21. The van der Waals surface area contributed by atoms with Gasteiger partial charge in [-0.25, -0.2) is 4.39 Å². The van der Waals surface area contributed by atoms with E-state index in [0.717, 1.165) is 71.9 Å². The third kappa shape index (κ3) is 8.19. The molecule has 0 heterocycles. The fraction of sp³-hybridized carbons (Fsp3) is 0.500. The molecular formula is C26H40FN2P. The van der Waals surface area contributed by atoms with E-state index < -0.39 is 7.92 Å². The standard InChI is InChI=1S/C26H40FN2P/c1-9-13-14-21(11-3)17-22-18-23(27)15-16-24(22)29-26(30(8)12-4)25(19(5)6)28-20(7)10-2/h14-16,18,29H,5,9-13,17H2,1-4,6-8H3/b21-14+,26-25+,28-20?. The average Bonchev–Trinajstić information content (AvgIpc) is 2.73. The zero-order valence-corrected chi connectivity index (χ0v) is 20.9. The molecule has 0 saturated carbocycles. The molecule has 0 amide bonds. The van der Waals surface area contributed by atoms with Crippen LogP contribution in [0, 0.1) is 5.82 Å². The number of hydrogen-bond acceptors (Lipinski definition) is 2. The first-order valence-electron chi connectivity index (χ1n) is 11.2. The Balaban J connectivity index is 3.50. The van der Waals surface area contributed by atoms with Gasteiger partial charge < -0.3 is 5.32 Å². The number of halogens is 1. The number of hydrogen-bond donors (Lipinski definition) is 1. The van der Waals surface area contributed by atoms with Gasteiger partial charge in [-0.2, -0.15) is 0 Å². The Hall–Kier alpha value is -1.73. The number of benzene rings is 1. The van der Waals surface area contributed by atoms with E-state index in [4.69, 9.17) is 4.99 Å². The minimum Gasteiger partial charge on any atom is -0.353 e. The molecule has 0 saturated heterocycles. The van der Waals surface area contributed by atoms with Crippen LogP contribution >= 0.6 is 7.92 Å². The summed E-state index contributed by atoms with van der Waals surface area (Å²) in [6.45, 7) is 19.2. The maximum Gasteiger partial charge on any atom is 0.123 e. The van der Waals surface area contributed by atoms with Crippen LogP contribution in [0.3, 0.4) is 0 Å². The van der Waals surface area contributed by atoms with Gasteiger partial charge in [-0.3, -0.25) is 4.99 Å². The molecule has 0 fully saturated rings. The zero-order valence-electron chi connectivity index (χ0n) is 20.0. The molecule has 0 radical (unpaired) electrons. The summed E-state index contributed by atoms with van der Waals surface area (Å²) >= 11 is 0. The monoisotopic (exact) mass is 430 g/mol. The Bertz CT molecular complexity index is 805. The van der Waals surface area contributed by atoms with Crippen molar-refractivity contribution in [3.63, 3.8) is 0 Å². The van der Waals surface area contributed by atoms with Crippen molar-refractivity contribution in [1.82, 2.24) is 0 Å². The molecule has 0 spiro atoms. The lowest BCUT2D eigenvalue weighted by atomic mass is 10.00. The maximum absolute atomic E-state index is 14.1. The normalized spacial score (nSPS) is 14.4. The Labute approximate surface area is 185 Å². The van der Waals surface area contributed by atoms with Crippen LogP contribution in [0.15, 0.2) is 58.1 Å². The number of allylic oxidation sites excluding steroid dienone is 3. The van der Waals surface area contributed by atoms with Crippen LogP contribution in [-0.2, 0) is 6.42 Å². The first-order chi connectivity index (χ1) is 14.3. The van der Waals surface area contributed by atoms with Crippen molar-refractivity contribution in [1.29, 1.82) is 0 Å². The molecule has 0 aromatic heterocycles. The molecule has 0 aliphatic carbocycles. The lowest BCUT2D eigenvalue weighted by Gasteiger charge is -2.23. The number of unbranched alkanes of at least 4 members (excludes halogenated alkanes) is 1. The zero-order chi connectivity index (χ0) is 22.7. The highest BCUT2D eigenvalue weighted by Crippen LogP contribution is 2.44. The Morgan fingerprint density at radius 1 is 1.17 bits per heavy atom. The topological polar surface area (TPSA) is 24.4 Å². The highest BCUT2D eigenvalue weighted by molar-refractivity contribution is 7.61. The molecule has 30 heavy (non-hydrogen) atoms. The second-order valence-corrected chi connectivity index (χ2v) is 10.3. The predicted octanol–water partition coefficient (Wildman–Crippen LogP) is 8.66. The summed E-state index contributed by atoms with van der Waals surface area (Å²) in [5, 5.41) is 3.67. The van der Waals surface area contributed by atoms with Crippen molar-refractivity contribution in [2.75, 3.05) is 18.1 Å². The maximum atomic E-state index is 14.1. The lowest BCUT2D eigenvalue weighted by Crippen LogP contribution is -2.08. The fourth-order valence-corrected chi connectivity index (χ4v) is 4.24. The highest BCUT2D eigenvalue weighted by atomic mass is 31.1. The molecule has 1 N–H and O–H groups in total. The van der Waals surface area contributed by atoms with Gasteiger partial charge in [0.25, 0.3) is 0 Å². The SMILES string of the molecule is C=C(C)/C(N=C(C)CC)=C(/Nc1ccc(F)cc1C/C(=C/CCC)CC)P(C)CC. The summed E-state index contributed by atoms with van der Waals surface area (Å²) in [5.74, 6) is -0.193. The molecule has 1 aromatic rings. The van der Waals surface area contributed by atoms with Gasteiger partial charge in [0.1, 0.15) is 5.82 Å². The van der Waals surface area contributed by atoms with Gasteiger partial charge in [0.15, 0.2) is 0 Å². The molecule has 1 atom stereocenters. The van der Waals surface area contributed by atoms with E-state index in [1.807, 2.05) is 13.0 Å². The molecule has 0 bridgehead atoms. The van der Waals surface area contributed by atoms with Gasteiger partial charge in [-0.05, 0) is 81.7 Å². The van der Waals surface area contributed by atoms with E-state index in [0.29, 0.717) is 0 Å². The number of rotatable bonds is 12. The Morgan fingerprint density at radius 3 is 2.40 bits per heavy atom. The highest BCUT2D eigenvalue weighted by Gasteiger charge is 2.16. The van der Waals surface area contributed by atoms with Crippen LogP contribution < -0.4 is 5.32 Å². The first kappa shape index (κ1) is 26.3. The number of aliphatic imine (C=N–C) groups is 1. The van der Waals surface area contributed by atoms with Gasteiger partial charge in [0.2, 0.25) is 0 Å². The smallest absolute Gasteiger partial charge is 0.123 e. The summed E-state index contributed by atoms with van der Waals surface area (Å²) in [6, 6.07) is 5.07. The molecule has 0 aliphatic heterocycles. The van der Waals surface area contributed by atoms with Crippen molar-refractivity contribution >= 4 is 19.3 Å². The molecule has 1 rings (SSSR count). The van der Waals surface area contributed by atoms with Crippen molar-refractivity contribution in [2.45, 2.75) is 73.6 Å². The Kier molecular flexibility index (Phi) is 11.9. The lowest BCUT2D eigenvalue weighted by molar-refractivity contribution is 0.626. The fourth-order valence-electron chi connectivity index (χ4n) is 3.01. The van der Waals surface area contributed by atoms with Gasteiger partial charge >= 0.3 is 0 Å². The summed E-state index contributed by atoms with van der Waals surface area (Å²) in [4.78, 5) is 4.89. The van der Waals surface area contributed by atoms with E-state index in [-0.39, 0.29) is 5.82 Å². The quantitative estimate of drug-likeness (QED) is 0.152. The van der Waals surface area contributed by atoms with E-state index >= 15 is 0 Å². The van der Waals surface area contributed by atoms with E-state index in [9.17, 15) is 4.39 Å². The van der Waals surface area contributed by atoms with Crippen LogP contribution in [0.25, 0.3) is 0 Å². The van der Waals surface area contributed by atoms with Crippen LogP contribution in [0.5, 0.6) is 0 Å². The van der Waals surface area contributed by atoms with Crippen LogP contribution in [-0.4, -0.2) is 18.5 Å². The first-order valence-corrected chi connectivity index (χ1v) is 13.1. The van der Waals surface area contributed by atoms with E-state index in [1.54, 1.807) is 6.07 Å². The van der Waals surface area contributed by atoms with E-state index in [2.05, 4.69) is 59.3 Å². The molecular weight excluding hydrogens is 390 g/mol. The number of anilines is 1. The second-order valence-electron chi connectivity index (χ2n) is 7.80. The molecule has 0 aliphatic rings. The van der Waals surface area contributed by atoms with Gasteiger partial charge in [-0.15, -0.1) is 0 Å². The number of nitrogens with one attached hydrogen (secondary N) is 1. The number of nitrogens with zero attached hydrogens (tertiary/aromatic N) is 1. The minimum absolute atomic E-state index is 0.193. The second kappa shape index (κ2) is 13.5. The summed E-state index contributed by atoms with van der Waals surface area (Å²) in [5.41, 5.74) is 7.41. The van der Waals surface area contributed by atoms with Gasteiger partial charge in [-0.1, -0.05) is 60.3 Å². The minimum atomic E-state index is -0.434. The molecule has 166 valence electrons. The Morgan fingerprint density at radius 2 is 1.87 bits per heavy atom. The van der Waals surface area contributed by atoms with Crippen molar-refractivity contribution in [3.8, 4) is 0 Å². The van der Waals surface area contributed by atoms with Crippen molar-refractivity contribution < 1.29 is 4.39 Å².